The van der Waals surface area contributed by atoms with Crippen molar-refractivity contribution in [2.24, 2.45) is 28.9 Å². The predicted octanol–water partition coefficient (Wildman–Crippen LogP) is 2.73. The van der Waals surface area contributed by atoms with E-state index in [0.717, 1.165) is 24.1 Å². The number of Topliss-reactive ketones (excluding diaryl/α,β-unsaturated/α-hetero) is 2. The van der Waals surface area contributed by atoms with Gasteiger partial charge in [0.05, 0.1) is 17.5 Å². The number of anilines is 1. The van der Waals surface area contributed by atoms with E-state index in [2.05, 4.69) is 5.32 Å². The smallest absolute Gasteiger partial charge is 0.255 e. The van der Waals surface area contributed by atoms with Gasteiger partial charge in [-0.3, -0.25) is 19.3 Å². The van der Waals surface area contributed by atoms with Crippen LogP contribution in [0.3, 0.4) is 0 Å². The number of hydrogen-bond donors (Lipinski definition) is 5. The summed E-state index contributed by atoms with van der Waals surface area (Å²) in [4.78, 5) is 43.3. The van der Waals surface area contributed by atoms with Crippen LogP contribution in [-0.2, 0) is 27.3 Å². The molecule has 3 fully saturated rings. The molecule has 0 bridgehead atoms. The largest absolute Gasteiger partial charge is 0.510 e. The number of phenols is 1. The Hall–Kier alpha value is -3.37. The number of ketones is 2. The third kappa shape index (κ3) is 4.41. The first-order valence-corrected chi connectivity index (χ1v) is 15.0. The minimum absolute atomic E-state index is 0.0625. The van der Waals surface area contributed by atoms with Crippen LogP contribution in [0.15, 0.2) is 23.0 Å². The second-order valence-electron chi connectivity index (χ2n) is 13.6. The molecule has 0 aromatic heterocycles. The first-order chi connectivity index (χ1) is 19.8. The summed E-state index contributed by atoms with van der Waals surface area (Å²) in [6.45, 7) is 0.428. The van der Waals surface area contributed by atoms with Crippen molar-refractivity contribution in [3.8, 4) is 5.75 Å². The van der Waals surface area contributed by atoms with Crippen LogP contribution in [0.4, 0.5) is 5.69 Å². The molecule has 10 nitrogen and oxygen atoms in total. The molecule has 1 aromatic rings. The molecule has 0 radical (unpaired) electrons. The maximum absolute atomic E-state index is 14.1. The van der Waals surface area contributed by atoms with Crippen LogP contribution in [0, 0.1) is 23.2 Å². The third-order valence-corrected chi connectivity index (χ3v) is 10.7. The maximum atomic E-state index is 14.1. The highest BCUT2D eigenvalue weighted by atomic mass is 16.3. The number of aliphatic hydroxyl groups excluding tert-OH is 2. The molecule has 6 rings (SSSR count). The fraction of sp³-hybridized carbons (Fsp3) is 0.594. The Morgan fingerprint density at radius 3 is 2.29 bits per heavy atom. The van der Waals surface area contributed by atoms with Gasteiger partial charge in [0.15, 0.2) is 11.6 Å². The molecule has 1 amide bonds. The fourth-order valence-corrected chi connectivity index (χ4v) is 8.27. The van der Waals surface area contributed by atoms with Gasteiger partial charge in [-0.05, 0) is 94.3 Å². The van der Waals surface area contributed by atoms with E-state index in [0.29, 0.717) is 36.4 Å². The van der Waals surface area contributed by atoms with E-state index in [1.165, 1.54) is 25.7 Å². The summed E-state index contributed by atoms with van der Waals surface area (Å²) in [6.07, 6.45) is 8.09. The van der Waals surface area contributed by atoms with Crippen LogP contribution in [0.1, 0.15) is 61.6 Å². The lowest BCUT2D eigenvalue weighted by Crippen LogP contribution is -2.55. The Kier molecular flexibility index (Phi) is 6.92. The Morgan fingerprint density at radius 1 is 1.05 bits per heavy atom. The lowest BCUT2D eigenvalue weighted by atomic mass is 9.59. The molecule has 1 unspecified atom stereocenters. The number of allylic oxidation sites excluding steroid dienone is 1. The molecule has 0 aliphatic heterocycles. The van der Waals surface area contributed by atoms with Crippen LogP contribution in [-0.4, -0.2) is 78.0 Å². The van der Waals surface area contributed by atoms with Gasteiger partial charge in [0.1, 0.15) is 22.8 Å². The van der Waals surface area contributed by atoms with E-state index < -0.39 is 52.6 Å². The van der Waals surface area contributed by atoms with Gasteiger partial charge in [0.25, 0.3) is 5.91 Å². The Balaban J connectivity index is 1.37. The second kappa shape index (κ2) is 10.1. The number of carbonyl (C=O) groups is 3. The first kappa shape index (κ1) is 28.7. The number of nitrogens with zero attached hydrogens (tertiary/aromatic N) is 2. The average molecular weight is 579 g/mol. The highest BCUT2D eigenvalue weighted by Gasteiger charge is 2.56. The van der Waals surface area contributed by atoms with E-state index in [-0.39, 0.29) is 22.6 Å². The summed E-state index contributed by atoms with van der Waals surface area (Å²) in [5, 5.41) is 37.7. The molecule has 1 spiro atoms. The maximum Gasteiger partial charge on any atom is 0.255 e. The molecule has 10 heteroatoms. The Labute approximate surface area is 246 Å². The van der Waals surface area contributed by atoms with Crippen LogP contribution < -0.4 is 16.0 Å². The molecule has 4 atom stereocenters. The quantitative estimate of drug-likeness (QED) is 0.253. The van der Waals surface area contributed by atoms with Crippen LogP contribution in [0.5, 0.6) is 5.75 Å². The van der Waals surface area contributed by atoms with Gasteiger partial charge in [-0.2, -0.15) is 0 Å². The number of aliphatic hydroxyl groups is 2. The summed E-state index contributed by atoms with van der Waals surface area (Å²) in [6, 6.07) is 1.57. The van der Waals surface area contributed by atoms with E-state index in [1.54, 1.807) is 19.0 Å². The van der Waals surface area contributed by atoms with Crippen molar-refractivity contribution in [1.29, 1.82) is 0 Å². The number of likely N-dealkylation sites (N-methyl/N-ethyl adjacent to an activating group) is 1. The minimum atomic E-state index is -1.26. The number of nitrogens with two attached hydrogens (primary N) is 1. The molecule has 5 aliphatic rings. The number of hydrogen-bond acceptors (Lipinski definition) is 9. The first-order valence-electron chi connectivity index (χ1n) is 15.0. The molecule has 3 saturated carbocycles. The molecule has 1 aromatic carbocycles. The summed E-state index contributed by atoms with van der Waals surface area (Å²) in [5.41, 5.74) is 8.07. The predicted molar refractivity (Wildman–Crippen MR) is 158 cm³/mol. The summed E-state index contributed by atoms with van der Waals surface area (Å²) >= 11 is 0. The number of nitrogens with one attached hydrogen (secondary N) is 1. The molecule has 0 heterocycles. The molecule has 0 saturated heterocycles. The number of rotatable bonds is 6. The van der Waals surface area contributed by atoms with Crippen molar-refractivity contribution in [2.45, 2.75) is 70.0 Å². The van der Waals surface area contributed by atoms with Gasteiger partial charge in [-0.1, -0.05) is 0 Å². The van der Waals surface area contributed by atoms with Gasteiger partial charge in [-0.25, -0.2) is 0 Å². The summed E-state index contributed by atoms with van der Waals surface area (Å²) in [5.74, 6) is -5.54. The number of primary amides is 1. The summed E-state index contributed by atoms with van der Waals surface area (Å²) in [7, 11) is 7.25. The van der Waals surface area contributed by atoms with Crippen molar-refractivity contribution >= 4 is 28.9 Å². The Morgan fingerprint density at radius 2 is 1.71 bits per heavy atom. The zero-order valence-electron chi connectivity index (χ0n) is 24.9. The zero-order valence-corrected chi connectivity index (χ0v) is 24.9. The molecule has 6 N–H and O–H groups in total. The molecular formula is C32H42N4O6. The zero-order chi connectivity index (χ0) is 30.2. The van der Waals surface area contributed by atoms with Gasteiger partial charge >= 0.3 is 0 Å². The number of fused-ring (bicyclic) bond motifs is 3. The second-order valence-corrected chi connectivity index (χ2v) is 13.6. The van der Waals surface area contributed by atoms with Crippen LogP contribution >= 0.6 is 0 Å². The lowest BCUT2D eigenvalue weighted by Gasteiger charge is -2.46. The normalized spacial score (nSPS) is 28.6. The Bertz CT molecular complexity index is 1430. The lowest BCUT2D eigenvalue weighted by molar-refractivity contribution is -0.136. The van der Waals surface area contributed by atoms with Crippen LogP contribution in [0.25, 0.3) is 5.76 Å². The van der Waals surface area contributed by atoms with Crippen molar-refractivity contribution in [3.05, 3.63) is 39.7 Å². The van der Waals surface area contributed by atoms with E-state index in [1.807, 2.05) is 25.1 Å². The van der Waals surface area contributed by atoms with E-state index in [4.69, 9.17) is 5.73 Å². The number of carbonyl (C=O) groups excluding carboxylic acids is 3. The summed E-state index contributed by atoms with van der Waals surface area (Å²) < 4.78 is 0. The van der Waals surface area contributed by atoms with Crippen LogP contribution in [0.2, 0.25) is 0 Å². The molecular weight excluding hydrogens is 536 g/mol. The SMILES string of the molecule is CN(C)c1cc(CNC2CCC3(CC2)CC3)c(O)c2c1C[C@H]1C[C@@H]3C(C(=O)C(C(N)=O)=C(O)[C@H]3N(C)C)C(=O)C1=C2O. The monoisotopic (exact) mass is 578 g/mol. The van der Waals surface area contributed by atoms with Gasteiger partial charge in [0.2, 0.25) is 0 Å². The van der Waals surface area contributed by atoms with Gasteiger partial charge in [-0.15, -0.1) is 0 Å². The molecule has 226 valence electrons. The van der Waals surface area contributed by atoms with Gasteiger partial charge < -0.3 is 31.3 Å². The molecule has 42 heavy (non-hydrogen) atoms. The fourth-order valence-electron chi connectivity index (χ4n) is 8.27. The van der Waals surface area contributed by atoms with Crippen molar-refractivity contribution in [2.75, 3.05) is 33.1 Å². The number of amides is 1. The third-order valence-electron chi connectivity index (χ3n) is 10.7. The highest BCUT2D eigenvalue weighted by molar-refractivity contribution is 6.28. The average Bonchev–Trinajstić information content (AvgIpc) is 3.66. The van der Waals surface area contributed by atoms with Crippen molar-refractivity contribution in [3.63, 3.8) is 0 Å². The number of benzene rings is 1. The topological polar surface area (TPSA) is 156 Å². The number of aromatic hydroxyl groups is 1. The van der Waals surface area contributed by atoms with E-state index in [9.17, 15) is 29.7 Å². The standard InChI is InChI=1S/C32H42N4O6/c1-35(2)20-13-16(14-34-17-5-7-32(8-6-17)9-10-32)26(37)22-18(20)11-15-12-19-23(28(39)21(15)27(22)38)29(40)24(31(33)42)30(41)25(19)36(3)4/h13,15,17,19,23,25,34,37-38,41H,5-12,14H2,1-4H3,(H2,33,42)/t15-,19+,23?,25-/m0/s1. The highest BCUT2D eigenvalue weighted by Crippen LogP contribution is 2.56. The molecule has 5 aliphatic carbocycles. The van der Waals surface area contributed by atoms with Gasteiger partial charge in [0, 0.05) is 43.5 Å². The number of phenolic OH excluding ortho intramolecular Hbond substituents is 1. The minimum Gasteiger partial charge on any atom is -0.510 e. The van der Waals surface area contributed by atoms with E-state index >= 15 is 0 Å². The van der Waals surface area contributed by atoms with Crippen molar-refractivity contribution < 1.29 is 29.7 Å². The van der Waals surface area contributed by atoms with Crippen molar-refractivity contribution in [1.82, 2.24) is 10.2 Å².